The van der Waals surface area contributed by atoms with Gasteiger partial charge in [-0.05, 0) is 17.7 Å². The van der Waals surface area contributed by atoms with Crippen LogP contribution in [-0.4, -0.2) is 40.7 Å². The number of nitrogens with zero attached hydrogens (tertiary/aromatic N) is 2. The number of urea groups is 1. The van der Waals surface area contributed by atoms with Crippen molar-refractivity contribution in [1.82, 2.24) is 15.2 Å². The number of aromatic nitrogens is 1. The molecular formula is C18H21N3O2. The van der Waals surface area contributed by atoms with Gasteiger partial charge in [0.25, 0.3) is 0 Å². The number of pyridine rings is 1. The highest BCUT2D eigenvalue weighted by Gasteiger charge is 2.20. The maximum absolute atomic E-state index is 12.5. The molecule has 0 aliphatic rings. The molecule has 5 nitrogen and oxygen atoms in total. The Kier molecular flexibility index (Phi) is 6.32. The predicted molar refractivity (Wildman–Crippen MR) is 89.9 cm³/mol. The summed E-state index contributed by atoms with van der Waals surface area (Å²) in [4.78, 5) is 18.4. The van der Waals surface area contributed by atoms with E-state index >= 15 is 0 Å². The van der Waals surface area contributed by atoms with E-state index < -0.39 is 0 Å². The Hall–Kier alpha value is -2.66. The summed E-state index contributed by atoms with van der Waals surface area (Å²) in [6.45, 7) is 4.17. The normalized spacial score (nSPS) is 11.5. The average molecular weight is 311 g/mol. The van der Waals surface area contributed by atoms with E-state index in [1.165, 1.54) is 4.90 Å². The Morgan fingerprint density at radius 1 is 1.26 bits per heavy atom. The monoisotopic (exact) mass is 311 g/mol. The van der Waals surface area contributed by atoms with Crippen LogP contribution in [0.1, 0.15) is 17.3 Å². The molecule has 0 aliphatic heterocycles. The van der Waals surface area contributed by atoms with Crippen LogP contribution in [-0.2, 0) is 0 Å². The highest BCUT2D eigenvalue weighted by molar-refractivity contribution is 5.75. The fourth-order valence-corrected chi connectivity index (χ4v) is 2.29. The van der Waals surface area contributed by atoms with Crippen molar-refractivity contribution in [1.29, 1.82) is 0 Å². The van der Waals surface area contributed by atoms with Gasteiger partial charge >= 0.3 is 6.03 Å². The molecule has 1 atom stereocenters. The predicted octanol–water partition coefficient (Wildman–Crippen LogP) is 2.36. The molecule has 0 spiro atoms. The summed E-state index contributed by atoms with van der Waals surface area (Å²) in [5.74, 6) is 0. The van der Waals surface area contributed by atoms with E-state index in [-0.39, 0.29) is 25.2 Å². The van der Waals surface area contributed by atoms with Crippen LogP contribution >= 0.6 is 0 Å². The summed E-state index contributed by atoms with van der Waals surface area (Å²) in [6.07, 6.45) is 3.33. The van der Waals surface area contributed by atoms with E-state index in [1.807, 2.05) is 48.5 Å². The van der Waals surface area contributed by atoms with Gasteiger partial charge in [0, 0.05) is 19.3 Å². The summed E-state index contributed by atoms with van der Waals surface area (Å²) in [5, 5.41) is 12.1. The van der Waals surface area contributed by atoms with Gasteiger partial charge in [0.15, 0.2) is 0 Å². The van der Waals surface area contributed by atoms with Crippen LogP contribution in [0.4, 0.5) is 4.79 Å². The van der Waals surface area contributed by atoms with Crippen molar-refractivity contribution in [3.8, 4) is 0 Å². The molecule has 0 saturated heterocycles. The van der Waals surface area contributed by atoms with Crippen LogP contribution in [0.2, 0.25) is 0 Å². The summed E-state index contributed by atoms with van der Waals surface area (Å²) in [6, 6.07) is 14.7. The highest BCUT2D eigenvalue weighted by atomic mass is 16.3. The molecule has 2 amide bonds. The van der Waals surface area contributed by atoms with Crippen molar-refractivity contribution < 1.29 is 9.90 Å². The minimum atomic E-state index is -0.351. The van der Waals surface area contributed by atoms with Crippen LogP contribution in [0, 0.1) is 0 Å². The lowest BCUT2D eigenvalue weighted by atomic mass is 10.0. The molecule has 120 valence electrons. The molecule has 1 aromatic carbocycles. The molecular weight excluding hydrogens is 290 g/mol. The van der Waals surface area contributed by atoms with Crippen LogP contribution in [0.5, 0.6) is 0 Å². The minimum Gasteiger partial charge on any atom is -0.395 e. The summed E-state index contributed by atoms with van der Waals surface area (Å²) < 4.78 is 0. The summed E-state index contributed by atoms with van der Waals surface area (Å²) >= 11 is 0. The Morgan fingerprint density at radius 3 is 2.61 bits per heavy atom. The zero-order chi connectivity index (χ0) is 16.5. The van der Waals surface area contributed by atoms with Gasteiger partial charge in [-0.25, -0.2) is 4.79 Å². The van der Waals surface area contributed by atoms with Crippen molar-refractivity contribution in [2.24, 2.45) is 0 Å². The van der Waals surface area contributed by atoms with Gasteiger partial charge in [0.1, 0.15) is 0 Å². The van der Waals surface area contributed by atoms with E-state index in [2.05, 4.69) is 16.9 Å². The van der Waals surface area contributed by atoms with E-state index in [9.17, 15) is 4.79 Å². The largest absolute Gasteiger partial charge is 0.395 e. The Bertz CT molecular complexity index is 577. The first-order chi connectivity index (χ1) is 11.3. The lowest BCUT2D eigenvalue weighted by Gasteiger charge is -2.25. The molecule has 0 fully saturated rings. The minimum absolute atomic E-state index is 0.0964. The number of hydrogen-bond donors (Lipinski definition) is 2. The first-order valence-corrected chi connectivity index (χ1v) is 7.49. The molecule has 0 saturated carbocycles. The zero-order valence-electron chi connectivity index (χ0n) is 12.9. The zero-order valence-corrected chi connectivity index (χ0v) is 12.9. The molecule has 1 unspecified atom stereocenters. The Balaban J connectivity index is 2.24. The van der Waals surface area contributed by atoms with Crippen LogP contribution < -0.4 is 5.32 Å². The third-order valence-corrected chi connectivity index (χ3v) is 3.39. The topological polar surface area (TPSA) is 65.5 Å². The van der Waals surface area contributed by atoms with Gasteiger partial charge in [-0.2, -0.15) is 0 Å². The van der Waals surface area contributed by atoms with Gasteiger partial charge < -0.3 is 15.3 Å². The number of amides is 2. The molecule has 2 rings (SSSR count). The fourth-order valence-electron chi connectivity index (χ4n) is 2.29. The number of carbonyl (C=O) groups excluding carboxylic acids is 1. The van der Waals surface area contributed by atoms with Crippen molar-refractivity contribution in [3.63, 3.8) is 0 Å². The van der Waals surface area contributed by atoms with Crippen LogP contribution in [0.15, 0.2) is 67.4 Å². The van der Waals surface area contributed by atoms with Gasteiger partial charge in [0.2, 0.25) is 0 Å². The van der Waals surface area contributed by atoms with Gasteiger partial charge in [-0.1, -0.05) is 42.5 Å². The SMILES string of the molecule is C=CCN(CCO)C(=O)NC(c1ccccc1)c1ccccn1. The van der Waals surface area contributed by atoms with Crippen molar-refractivity contribution >= 4 is 6.03 Å². The van der Waals surface area contributed by atoms with E-state index in [4.69, 9.17) is 5.11 Å². The van der Waals surface area contributed by atoms with Crippen LogP contribution in [0.3, 0.4) is 0 Å². The first-order valence-electron chi connectivity index (χ1n) is 7.49. The first kappa shape index (κ1) is 16.7. The number of benzene rings is 1. The van der Waals surface area contributed by atoms with Gasteiger partial charge in [-0.15, -0.1) is 6.58 Å². The van der Waals surface area contributed by atoms with Crippen molar-refractivity contribution in [2.75, 3.05) is 19.7 Å². The standard InChI is InChI=1S/C18H21N3O2/c1-2-12-21(13-14-22)18(23)20-17(15-8-4-3-5-9-15)16-10-6-7-11-19-16/h2-11,17,22H,1,12-14H2,(H,20,23). The third-order valence-electron chi connectivity index (χ3n) is 3.39. The van der Waals surface area contributed by atoms with Gasteiger partial charge in [0.05, 0.1) is 18.3 Å². The van der Waals surface area contributed by atoms with Crippen molar-refractivity contribution in [3.05, 3.63) is 78.6 Å². The van der Waals surface area contributed by atoms with E-state index in [0.717, 1.165) is 11.3 Å². The molecule has 2 aromatic rings. The molecule has 23 heavy (non-hydrogen) atoms. The number of carbonyl (C=O) groups is 1. The summed E-state index contributed by atoms with van der Waals surface area (Å²) in [7, 11) is 0. The molecule has 0 aliphatic carbocycles. The number of aliphatic hydroxyl groups excluding tert-OH is 1. The highest BCUT2D eigenvalue weighted by Crippen LogP contribution is 2.20. The number of hydrogen-bond acceptors (Lipinski definition) is 3. The molecule has 2 N–H and O–H groups in total. The second-order valence-corrected chi connectivity index (χ2v) is 5.01. The molecule has 1 heterocycles. The fraction of sp³-hybridized carbons (Fsp3) is 0.222. The molecule has 1 aromatic heterocycles. The third kappa shape index (κ3) is 4.66. The maximum Gasteiger partial charge on any atom is 0.318 e. The molecule has 0 bridgehead atoms. The summed E-state index contributed by atoms with van der Waals surface area (Å²) in [5.41, 5.74) is 1.71. The molecule has 5 heteroatoms. The quantitative estimate of drug-likeness (QED) is 0.772. The number of aliphatic hydroxyl groups is 1. The lowest BCUT2D eigenvalue weighted by Crippen LogP contribution is -2.43. The second kappa shape index (κ2) is 8.70. The number of rotatable bonds is 7. The second-order valence-electron chi connectivity index (χ2n) is 5.01. The van der Waals surface area contributed by atoms with E-state index in [0.29, 0.717) is 6.54 Å². The Labute approximate surface area is 136 Å². The van der Waals surface area contributed by atoms with Crippen LogP contribution in [0.25, 0.3) is 0 Å². The molecule has 0 radical (unpaired) electrons. The van der Waals surface area contributed by atoms with E-state index in [1.54, 1.807) is 12.3 Å². The Morgan fingerprint density at radius 2 is 2.00 bits per heavy atom. The van der Waals surface area contributed by atoms with Gasteiger partial charge in [-0.3, -0.25) is 4.98 Å². The lowest BCUT2D eigenvalue weighted by molar-refractivity contribution is 0.181. The average Bonchev–Trinajstić information content (AvgIpc) is 2.61. The smallest absolute Gasteiger partial charge is 0.318 e. The number of nitrogens with one attached hydrogen (secondary N) is 1. The van der Waals surface area contributed by atoms with Crippen molar-refractivity contribution in [2.45, 2.75) is 6.04 Å². The maximum atomic E-state index is 12.5.